The molecule has 1 aromatic heterocycles. The van der Waals surface area contributed by atoms with E-state index in [1.807, 2.05) is 0 Å². The first-order chi connectivity index (χ1) is 8.61. The molecule has 1 aromatic rings. The number of nitrogens with zero attached hydrogens (tertiary/aromatic N) is 2. The summed E-state index contributed by atoms with van der Waals surface area (Å²) < 4.78 is 4.91. The molecular weight excluding hydrogens is 236 g/mol. The van der Waals surface area contributed by atoms with Crippen LogP contribution in [0.1, 0.15) is 36.9 Å². The lowest BCUT2D eigenvalue weighted by atomic mass is 10.0. The minimum atomic E-state index is -0.452. The lowest BCUT2D eigenvalue weighted by Gasteiger charge is -2.09. The summed E-state index contributed by atoms with van der Waals surface area (Å²) in [5.74, 6) is -0.213. The molecule has 0 N–H and O–H groups in total. The first kappa shape index (κ1) is 12.5. The predicted molar refractivity (Wildman–Crippen MR) is 63.2 cm³/mol. The van der Waals surface area contributed by atoms with Crippen molar-refractivity contribution in [3.63, 3.8) is 0 Å². The van der Waals surface area contributed by atoms with E-state index in [2.05, 4.69) is 4.98 Å². The molecule has 0 bridgehead atoms. The largest absolute Gasteiger partial charge is 0.466 e. The Balaban J connectivity index is 2.14. The Labute approximate surface area is 104 Å². The monoisotopic (exact) mass is 250 g/mol. The number of aryl methyl sites for hydroxylation is 1. The zero-order chi connectivity index (χ0) is 13.1. The molecule has 0 aliphatic heterocycles. The Hall–Kier alpha value is -1.98. The van der Waals surface area contributed by atoms with Crippen molar-refractivity contribution in [3.8, 4) is 0 Å². The third-order valence-electron chi connectivity index (χ3n) is 3.07. The van der Waals surface area contributed by atoms with Gasteiger partial charge in [0.05, 0.1) is 18.0 Å². The normalized spacial score (nSPS) is 17.3. The fraction of sp³-hybridized carbons (Fsp3) is 0.500. The van der Waals surface area contributed by atoms with Crippen molar-refractivity contribution in [2.24, 2.45) is 0 Å². The van der Waals surface area contributed by atoms with Crippen LogP contribution < -0.4 is 0 Å². The van der Waals surface area contributed by atoms with Gasteiger partial charge in [0.2, 0.25) is 0 Å². The molecular formula is C12H14N2O4. The van der Waals surface area contributed by atoms with Gasteiger partial charge in [-0.3, -0.25) is 19.9 Å². The fourth-order valence-corrected chi connectivity index (χ4v) is 2.26. The standard InChI is InChI=1S/C12H14N2O4/c1-2-18-11(15)6-9-4-3-8-5-10(14(16)17)7-13-12(8)9/h5,7,9H,2-4,6H2,1H3/t9-/m1/s1. The first-order valence-corrected chi connectivity index (χ1v) is 5.90. The molecule has 0 saturated heterocycles. The Bertz CT molecular complexity index is 487. The summed E-state index contributed by atoms with van der Waals surface area (Å²) >= 11 is 0. The molecule has 0 fully saturated rings. The maximum Gasteiger partial charge on any atom is 0.306 e. The van der Waals surface area contributed by atoms with Crippen molar-refractivity contribution in [3.05, 3.63) is 33.6 Å². The molecule has 0 radical (unpaired) electrons. The van der Waals surface area contributed by atoms with E-state index in [9.17, 15) is 14.9 Å². The Morgan fingerprint density at radius 1 is 1.67 bits per heavy atom. The summed E-state index contributed by atoms with van der Waals surface area (Å²) in [5, 5.41) is 10.6. The van der Waals surface area contributed by atoms with E-state index in [4.69, 9.17) is 4.74 Å². The number of nitro groups is 1. The number of fused-ring (bicyclic) bond motifs is 1. The topological polar surface area (TPSA) is 82.3 Å². The molecule has 6 heteroatoms. The average Bonchev–Trinajstić information content (AvgIpc) is 2.72. The number of rotatable bonds is 4. The number of hydrogen-bond donors (Lipinski definition) is 0. The third-order valence-corrected chi connectivity index (χ3v) is 3.07. The third kappa shape index (κ3) is 2.47. The van der Waals surface area contributed by atoms with Gasteiger partial charge in [0.1, 0.15) is 6.20 Å². The molecule has 0 spiro atoms. The molecule has 1 aliphatic carbocycles. The zero-order valence-electron chi connectivity index (χ0n) is 10.1. The Morgan fingerprint density at radius 2 is 2.44 bits per heavy atom. The zero-order valence-corrected chi connectivity index (χ0v) is 10.1. The second-order valence-electron chi connectivity index (χ2n) is 4.24. The minimum Gasteiger partial charge on any atom is -0.466 e. The van der Waals surface area contributed by atoms with E-state index in [0.29, 0.717) is 13.0 Å². The SMILES string of the molecule is CCOC(=O)C[C@H]1CCc2cc([N+](=O)[O-])cnc21. The molecule has 1 aliphatic rings. The predicted octanol–water partition coefficient (Wildman–Crippen LogP) is 1.97. The number of ether oxygens (including phenoxy) is 1. The average molecular weight is 250 g/mol. The Kier molecular flexibility index (Phi) is 3.55. The molecule has 1 heterocycles. The van der Waals surface area contributed by atoms with E-state index in [-0.39, 0.29) is 17.6 Å². The highest BCUT2D eigenvalue weighted by Gasteiger charge is 2.28. The van der Waals surface area contributed by atoms with Gasteiger partial charge in [-0.05, 0) is 25.3 Å². The van der Waals surface area contributed by atoms with E-state index in [1.54, 1.807) is 13.0 Å². The van der Waals surface area contributed by atoms with E-state index >= 15 is 0 Å². The highest BCUT2D eigenvalue weighted by molar-refractivity contribution is 5.70. The van der Waals surface area contributed by atoms with Crippen molar-refractivity contribution < 1.29 is 14.5 Å². The van der Waals surface area contributed by atoms with Crippen LogP contribution in [0.3, 0.4) is 0 Å². The lowest BCUT2D eigenvalue weighted by Crippen LogP contribution is -2.09. The molecule has 0 saturated carbocycles. The van der Waals surface area contributed by atoms with Gasteiger partial charge in [0.15, 0.2) is 0 Å². The van der Waals surface area contributed by atoms with Crippen molar-refractivity contribution >= 4 is 11.7 Å². The van der Waals surface area contributed by atoms with Gasteiger partial charge in [-0.25, -0.2) is 0 Å². The lowest BCUT2D eigenvalue weighted by molar-refractivity contribution is -0.385. The molecule has 18 heavy (non-hydrogen) atoms. The number of carbonyl (C=O) groups is 1. The van der Waals surface area contributed by atoms with Crippen molar-refractivity contribution in [2.75, 3.05) is 6.61 Å². The quantitative estimate of drug-likeness (QED) is 0.463. The van der Waals surface area contributed by atoms with Crippen LogP contribution >= 0.6 is 0 Å². The van der Waals surface area contributed by atoms with E-state index < -0.39 is 4.92 Å². The smallest absolute Gasteiger partial charge is 0.306 e. The van der Waals surface area contributed by atoms with Crippen molar-refractivity contribution in [2.45, 2.75) is 32.1 Å². The Morgan fingerprint density at radius 3 is 3.11 bits per heavy atom. The van der Waals surface area contributed by atoms with Crippen molar-refractivity contribution in [1.82, 2.24) is 4.98 Å². The van der Waals surface area contributed by atoms with Gasteiger partial charge in [0, 0.05) is 17.7 Å². The van der Waals surface area contributed by atoms with Gasteiger partial charge >= 0.3 is 5.97 Å². The molecule has 2 rings (SSSR count). The number of carbonyl (C=O) groups excluding carboxylic acids is 1. The van der Waals surface area contributed by atoms with Gasteiger partial charge in [-0.1, -0.05) is 0 Å². The number of esters is 1. The summed E-state index contributed by atoms with van der Waals surface area (Å²) in [7, 11) is 0. The number of aromatic nitrogens is 1. The summed E-state index contributed by atoms with van der Waals surface area (Å²) in [5.41, 5.74) is 1.68. The fourth-order valence-electron chi connectivity index (χ4n) is 2.26. The summed E-state index contributed by atoms with van der Waals surface area (Å²) in [6.45, 7) is 2.13. The van der Waals surface area contributed by atoms with Gasteiger partial charge in [0.25, 0.3) is 5.69 Å². The van der Waals surface area contributed by atoms with Crippen LogP contribution in [0, 0.1) is 10.1 Å². The maximum atomic E-state index is 11.4. The number of pyridine rings is 1. The van der Waals surface area contributed by atoms with Crippen LogP contribution in [-0.4, -0.2) is 22.5 Å². The van der Waals surface area contributed by atoms with Crippen molar-refractivity contribution in [1.29, 1.82) is 0 Å². The van der Waals surface area contributed by atoms with Crippen LogP contribution in [0.2, 0.25) is 0 Å². The van der Waals surface area contributed by atoms with Crippen LogP contribution in [0.4, 0.5) is 5.69 Å². The van der Waals surface area contributed by atoms with Crippen LogP contribution in [0.5, 0.6) is 0 Å². The van der Waals surface area contributed by atoms with Crippen LogP contribution in [-0.2, 0) is 16.0 Å². The molecule has 0 amide bonds. The second kappa shape index (κ2) is 5.12. The molecule has 96 valence electrons. The highest BCUT2D eigenvalue weighted by Crippen LogP contribution is 2.35. The summed E-state index contributed by atoms with van der Waals surface area (Å²) in [4.78, 5) is 25.7. The van der Waals surface area contributed by atoms with Crippen LogP contribution in [0.15, 0.2) is 12.3 Å². The molecule has 1 atom stereocenters. The molecule has 0 aromatic carbocycles. The van der Waals surface area contributed by atoms with Gasteiger partial charge < -0.3 is 4.74 Å². The molecule has 0 unspecified atom stereocenters. The number of hydrogen-bond acceptors (Lipinski definition) is 5. The molecule has 6 nitrogen and oxygen atoms in total. The maximum absolute atomic E-state index is 11.4. The highest BCUT2D eigenvalue weighted by atomic mass is 16.6. The van der Waals surface area contributed by atoms with Gasteiger partial charge in [-0.15, -0.1) is 0 Å². The van der Waals surface area contributed by atoms with Gasteiger partial charge in [-0.2, -0.15) is 0 Å². The van der Waals surface area contributed by atoms with E-state index in [1.165, 1.54) is 6.20 Å². The van der Waals surface area contributed by atoms with Crippen LogP contribution in [0.25, 0.3) is 0 Å². The summed E-state index contributed by atoms with van der Waals surface area (Å²) in [6, 6.07) is 1.55. The second-order valence-corrected chi connectivity index (χ2v) is 4.24. The van der Waals surface area contributed by atoms with E-state index in [0.717, 1.165) is 24.1 Å². The minimum absolute atomic E-state index is 0.00512. The first-order valence-electron chi connectivity index (χ1n) is 5.90. The summed E-state index contributed by atoms with van der Waals surface area (Å²) in [6.07, 6.45) is 3.07.